The van der Waals surface area contributed by atoms with Crippen LogP contribution in [0, 0.1) is 0 Å². The molecule has 3 N–H and O–H groups in total. The Hall–Kier alpha value is -1.71. The predicted octanol–water partition coefficient (Wildman–Crippen LogP) is 2.19. The molecule has 4 nitrogen and oxygen atoms in total. The van der Waals surface area contributed by atoms with E-state index in [2.05, 4.69) is 22.5 Å². The van der Waals surface area contributed by atoms with Crippen LogP contribution < -0.4 is 15.8 Å². The number of hydrogen-bond donors (Lipinski definition) is 2. The maximum Gasteiger partial charge on any atom is 0.239 e. The Morgan fingerprint density at radius 3 is 2.88 bits per heavy atom. The molecule has 1 aliphatic rings. The van der Waals surface area contributed by atoms with Gasteiger partial charge in [-0.3, -0.25) is 0 Å². The molecule has 1 aromatic heterocycles. The molecular formula is C12H17N3O. The van der Waals surface area contributed by atoms with Crippen molar-refractivity contribution in [3.63, 3.8) is 0 Å². The van der Waals surface area contributed by atoms with Crippen LogP contribution in [0.15, 0.2) is 24.3 Å². The van der Waals surface area contributed by atoms with Crippen LogP contribution in [-0.4, -0.2) is 17.6 Å². The van der Waals surface area contributed by atoms with E-state index < -0.39 is 0 Å². The first-order valence-electron chi connectivity index (χ1n) is 5.60. The van der Waals surface area contributed by atoms with Gasteiger partial charge in [0, 0.05) is 6.04 Å². The molecule has 0 aliphatic heterocycles. The van der Waals surface area contributed by atoms with Gasteiger partial charge in [0.15, 0.2) is 0 Å². The number of nitrogen functional groups attached to an aromatic ring is 1. The van der Waals surface area contributed by atoms with E-state index >= 15 is 0 Å². The van der Waals surface area contributed by atoms with Crippen molar-refractivity contribution in [1.82, 2.24) is 4.98 Å². The van der Waals surface area contributed by atoms with Gasteiger partial charge in [-0.2, -0.15) is 4.98 Å². The second kappa shape index (κ2) is 4.88. The molecule has 0 spiro atoms. The first kappa shape index (κ1) is 10.8. The maximum absolute atomic E-state index is 5.76. The minimum atomic E-state index is 0.450. The van der Waals surface area contributed by atoms with Crippen molar-refractivity contribution in [2.24, 2.45) is 0 Å². The molecular weight excluding hydrogens is 202 g/mol. The quantitative estimate of drug-likeness (QED) is 0.762. The SMILES string of the molecule is CCOc1nc(NC2CC=CC2)ccc1N. The van der Waals surface area contributed by atoms with E-state index in [1.165, 1.54) is 0 Å². The van der Waals surface area contributed by atoms with Gasteiger partial charge in [-0.1, -0.05) is 12.2 Å². The van der Waals surface area contributed by atoms with Crippen LogP contribution in [0.2, 0.25) is 0 Å². The Balaban J connectivity index is 2.06. The number of pyridine rings is 1. The summed E-state index contributed by atoms with van der Waals surface area (Å²) < 4.78 is 5.35. The summed E-state index contributed by atoms with van der Waals surface area (Å²) in [4.78, 5) is 4.34. The van der Waals surface area contributed by atoms with Crippen molar-refractivity contribution < 1.29 is 4.74 Å². The normalized spacial score (nSPS) is 15.3. The maximum atomic E-state index is 5.76. The summed E-state index contributed by atoms with van der Waals surface area (Å²) in [5.41, 5.74) is 6.34. The molecule has 0 bridgehead atoms. The van der Waals surface area contributed by atoms with Crippen molar-refractivity contribution in [3.05, 3.63) is 24.3 Å². The van der Waals surface area contributed by atoms with E-state index in [9.17, 15) is 0 Å². The molecule has 1 aromatic rings. The smallest absolute Gasteiger partial charge is 0.239 e. The first-order valence-corrected chi connectivity index (χ1v) is 5.60. The lowest BCUT2D eigenvalue weighted by molar-refractivity contribution is 0.329. The van der Waals surface area contributed by atoms with Gasteiger partial charge < -0.3 is 15.8 Å². The first-order chi connectivity index (χ1) is 7.79. The Morgan fingerprint density at radius 1 is 1.44 bits per heavy atom. The summed E-state index contributed by atoms with van der Waals surface area (Å²) in [6.45, 7) is 2.49. The number of ether oxygens (including phenoxy) is 1. The molecule has 0 unspecified atom stereocenters. The van der Waals surface area contributed by atoms with Gasteiger partial charge in [-0.05, 0) is 31.9 Å². The Kier molecular flexibility index (Phi) is 3.29. The van der Waals surface area contributed by atoms with Gasteiger partial charge in [0.25, 0.3) is 0 Å². The van der Waals surface area contributed by atoms with Crippen molar-refractivity contribution >= 4 is 11.5 Å². The molecule has 2 rings (SSSR count). The van der Waals surface area contributed by atoms with Gasteiger partial charge in [0.05, 0.1) is 12.3 Å². The number of nitrogens with one attached hydrogen (secondary N) is 1. The van der Waals surface area contributed by atoms with Crippen molar-refractivity contribution in [2.45, 2.75) is 25.8 Å². The number of hydrogen-bond acceptors (Lipinski definition) is 4. The third-order valence-corrected chi connectivity index (χ3v) is 2.53. The van der Waals surface area contributed by atoms with Crippen LogP contribution in [0.5, 0.6) is 5.88 Å². The summed E-state index contributed by atoms with van der Waals surface area (Å²) in [6.07, 6.45) is 6.46. The van der Waals surface area contributed by atoms with Crippen LogP contribution in [-0.2, 0) is 0 Å². The minimum Gasteiger partial charge on any atom is -0.476 e. The fourth-order valence-corrected chi connectivity index (χ4v) is 1.73. The fraction of sp³-hybridized carbons (Fsp3) is 0.417. The van der Waals surface area contributed by atoms with Gasteiger partial charge >= 0.3 is 0 Å². The van der Waals surface area contributed by atoms with E-state index in [0.29, 0.717) is 24.2 Å². The monoisotopic (exact) mass is 219 g/mol. The van der Waals surface area contributed by atoms with Crippen molar-refractivity contribution in [3.8, 4) is 5.88 Å². The van der Waals surface area contributed by atoms with Crippen molar-refractivity contribution in [2.75, 3.05) is 17.7 Å². The molecule has 0 fully saturated rings. The second-order valence-electron chi connectivity index (χ2n) is 3.81. The number of aromatic nitrogens is 1. The predicted molar refractivity (Wildman–Crippen MR) is 65.6 cm³/mol. The molecule has 0 aromatic carbocycles. The largest absolute Gasteiger partial charge is 0.476 e. The molecule has 0 saturated heterocycles. The van der Waals surface area contributed by atoms with Crippen LogP contribution in [0.1, 0.15) is 19.8 Å². The lowest BCUT2D eigenvalue weighted by Crippen LogP contribution is -2.16. The van der Waals surface area contributed by atoms with Gasteiger partial charge in [0.1, 0.15) is 5.82 Å². The zero-order valence-corrected chi connectivity index (χ0v) is 9.44. The molecule has 1 aliphatic carbocycles. The Morgan fingerprint density at radius 2 is 2.19 bits per heavy atom. The zero-order chi connectivity index (χ0) is 11.4. The summed E-state index contributed by atoms with van der Waals surface area (Å²) in [5, 5.41) is 3.36. The van der Waals surface area contributed by atoms with Crippen LogP contribution >= 0.6 is 0 Å². The third-order valence-electron chi connectivity index (χ3n) is 2.53. The highest BCUT2D eigenvalue weighted by Crippen LogP contribution is 2.22. The molecule has 0 amide bonds. The van der Waals surface area contributed by atoms with Gasteiger partial charge in [-0.15, -0.1) is 0 Å². The van der Waals surface area contributed by atoms with Crippen LogP contribution in [0.25, 0.3) is 0 Å². The average Bonchev–Trinajstić information content (AvgIpc) is 2.76. The molecule has 86 valence electrons. The molecule has 4 heteroatoms. The summed E-state index contributed by atoms with van der Waals surface area (Å²) in [5.74, 6) is 1.34. The Labute approximate surface area is 95.5 Å². The lowest BCUT2D eigenvalue weighted by Gasteiger charge is -2.14. The highest BCUT2D eigenvalue weighted by Gasteiger charge is 2.11. The zero-order valence-electron chi connectivity index (χ0n) is 9.44. The number of nitrogens with two attached hydrogens (primary N) is 1. The summed E-state index contributed by atoms with van der Waals surface area (Å²) >= 11 is 0. The highest BCUT2D eigenvalue weighted by molar-refractivity contribution is 5.54. The van der Waals surface area contributed by atoms with E-state index in [0.717, 1.165) is 18.7 Å². The topological polar surface area (TPSA) is 60.2 Å². The molecule has 0 radical (unpaired) electrons. The fourth-order valence-electron chi connectivity index (χ4n) is 1.73. The van der Waals surface area contributed by atoms with Crippen molar-refractivity contribution in [1.29, 1.82) is 0 Å². The number of rotatable bonds is 4. The standard InChI is InChI=1S/C12H17N3O/c1-2-16-12-10(13)7-8-11(15-12)14-9-5-3-4-6-9/h3-4,7-9H,2,5-6,13H2,1H3,(H,14,15). The Bertz CT molecular complexity index is 382. The second-order valence-corrected chi connectivity index (χ2v) is 3.81. The lowest BCUT2D eigenvalue weighted by atomic mass is 10.2. The van der Waals surface area contributed by atoms with Gasteiger partial charge in [-0.25, -0.2) is 0 Å². The molecule has 1 heterocycles. The van der Waals surface area contributed by atoms with E-state index in [1.807, 2.05) is 19.1 Å². The number of anilines is 2. The van der Waals surface area contributed by atoms with E-state index in [-0.39, 0.29) is 0 Å². The summed E-state index contributed by atoms with van der Waals surface area (Å²) in [6, 6.07) is 4.16. The molecule has 16 heavy (non-hydrogen) atoms. The van der Waals surface area contributed by atoms with Crippen LogP contribution in [0.3, 0.4) is 0 Å². The van der Waals surface area contributed by atoms with E-state index in [1.54, 1.807) is 0 Å². The highest BCUT2D eigenvalue weighted by atomic mass is 16.5. The van der Waals surface area contributed by atoms with E-state index in [4.69, 9.17) is 10.5 Å². The molecule has 0 saturated carbocycles. The third kappa shape index (κ3) is 2.45. The minimum absolute atomic E-state index is 0.450. The molecule has 0 atom stereocenters. The number of nitrogens with zero attached hydrogens (tertiary/aromatic N) is 1. The van der Waals surface area contributed by atoms with Crippen LogP contribution in [0.4, 0.5) is 11.5 Å². The van der Waals surface area contributed by atoms with Gasteiger partial charge in [0.2, 0.25) is 5.88 Å². The summed E-state index contributed by atoms with van der Waals surface area (Å²) in [7, 11) is 0. The average molecular weight is 219 g/mol.